The number of rotatable bonds is 8. The molecule has 1 heterocycles. The predicted octanol–water partition coefficient (Wildman–Crippen LogP) is 2.03. The highest BCUT2D eigenvalue weighted by Gasteiger charge is 2.30. The van der Waals surface area contributed by atoms with Gasteiger partial charge in [0.15, 0.2) is 0 Å². The summed E-state index contributed by atoms with van der Waals surface area (Å²) < 4.78 is 25.6. The maximum absolute atomic E-state index is 12.8. The van der Waals surface area contributed by atoms with Crippen LogP contribution in [0.15, 0.2) is 36.7 Å². The van der Waals surface area contributed by atoms with E-state index in [0.717, 1.165) is 11.6 Å². The topological polar surface area (TPSA) is 134 Å². The smallest absolute Gasteiger partial charge is 0.280 e. The molecule has 8 nitrogen and oxygen atoms in total. The van der Waals surface area contributed by atoms with Crippen molar-refractivity contribution in [2.75, 3.05) is 11.9 Å². The maximum atomic E-state index is 12.8. The Morgan fingerprint density at radius 2 is 2.07 bits per heavy atom. The molecule has 1 aromatic heterocycles. The number of hydrazine groups is 1. The first-order valence-corrected chi connectivity index (χ1v) is 8.87. The third-order valence-corrected chi connectivity index (χ3v) is 4.52. The number of hydrogen-bond donors (Lipinski definition) is 5. The Balaban J connectivity index is 2.27. The van der Waals surface area contributed by atoms with Gasteiger partial charge in [-0.05, 0) is 50.6 Å². The van der Waals surface area contributed by atoms with Crippen molar-refractivity contribution in [3.8, 4) is 0 Å². The first-order chi connectivity index (χ1) is 13.5. The van der Waals surface area contributed by atoms with Crippen molar-refractivity contribution in [2.24, 2.45) is 11.6 Å². The SMILES string of the molecule is Cc1cc(Nc2nccc(C(F)F)n2)cc(/C(N)=C/N(N)C(C)C(C)(O)CO)c1. The first kappa shape index (κ1) is 22.5. The fourth-order valence-corrected chi connectivity index (χ4v) is 2.51. The fourth-order valence-electron chi connectivity index (χ4n) is 2.51. The van der Waals surface area contributed by atoms with Gasteiger partial charge in [0, 0.05) is 23.6 Å². The van der Waals surface area contributed by atoms with E-state index in [0.29, 0.717) is 16.9 Å². The lowest BCUT2D eigenvalue weighted by Gasteiger charge is -2.34. The van der Waals surface area contributed by atoms with Crippen molar-refractivity contribution < 1.29 is 19.0 Å². The van der Waals surface area contributed by atoms with Crippen LogP contribution < -0.4 is 16.9 Å². The van der Waals surface area contributed by atoms with E-state index >= 15 is 0 Å². The minimum Gasteiger partial charge on any atom is -0.397 e. The second kappa shape index (κ2) is 9.12. The highest BCUT2D eigenvalue weighted by atomic mass is 19.3. The van der Waals surface area contributed by atoms with Gasteiger partial charge < -0.3 is 26.3 Å². The van der Waals surface area contributed by atoms with Gasteiger partial charge in [0.25, 0.3) is 6.43 Å². The van der Waals surface area contributed by atoms with Crippen molar-refractivity contribution in [3.05, 3.63) is 53.5 Å². The molecule has 10 heteroatoms. The van der Waals surface area contributed by atoms with Crippen LogP contribution in [-0.2, 0) is 0 Å². The summed E-state index contributed by atoms with van der Waals surface area (Å²) in [5, 5.41) is 23.5. The van der Waals surface area contributed by atoms with Crippen LogP contribution in [0.3, 0.4) is 0 Å². The molecule has 0 spiro atoms. The monoisotopic (exact) mass is 408 g/mol. The van der Waals surface area contributed by atoms with Gasteiger partial charge in [-0.1, -0.05) is 0 Å². The standard InChI is InChI=1S/C19H26F2N6O2/c1-11-6-13(15(22)9-27(23)12(2)19(3,29)10-28)8-14(7-11)25-18-24-5-4-16(26-18)17(20)21/h4-9,12,17,28-29H,10,22-23H2,1-3H3,(H,24,25,26)/b15-9-. The molecule has 2 aromatic rings. The van der Waals surface area contributed by atoms with Crippen LogP contribution in [0.2, 0.25) is 0 Å². The van der Waals surface area contributed by atoms with Crippen LogP contribution in [0.25, 0.3) is 5.70 Å². The van der Waals surface area contributed by atoms with Gasteiger partial charge >= 0.3 is 0 Å². The van der Waals surface area contributed by atoms with Crippen molar-refractivity contribution in [3.63, 3.8) is 0 Å². The van der Waals surface area contributed by atoms with E-state index in [1.165, 1.54) is 24.3 Å². The molecule has 0 saturated heterocycles. The molecule has 2 rings (SSSR count). The van der Waals surface area contributed by atoms with Crippen LogP contribution in [0.5, 0.6) is 0 Å². The second-order valence-electron chi connectivity index (χ2n) is 7.04. The number of aliphatic hydroxyl groups is 2. The van der Waals surface area contributed by atoms with E-state index in [1.807, 2.05) is 13.0 Å². The van der Waals surface area contributed by atoms with E-state index in [9.17, 15) is 19.0 Å². The summed E-state index contributed by atoms with van der Waals surface area (Å²) in [5.74, 6) is 6.00. The van der Waals surface area contributed by atoms with Crippen LogP contribution >= 0.6 is 0 Å². The number of aryl methyl sites for hydroxylation is 1. The van der Waals surface area contributed by atoms with Gasteiger partial charge in [0.2, 0.25) is 5.95 Å². The molecule has 0 aliphatic carbocycles. The molecular formula is C19H26F2N6O2. The Bertz CT molecular complexity index is 876. The summed E-state index contributed by atoms with van der Waals surface area (Å²) >= 11 is 0. The zero-order valence-corrected chi connectivity index (χ0v) is 16.5. The van der Waals surface area contributed by atoms with E-state index in [2.05, 4.69) is 15.3 Å². The molecule has 0 bridgehead atoms. The summed E-state index contributed by atoms with van der Waals surface area (Å²) in [7, 11) is 0. The second-order valence-corrected chi connectivity index (χ2v) is 7.04. The molecular weight excluding hydrogens is 382 g/mol. The van der Waals surface area contributed by atoms with Crippen LogP contribution in [-0.4, -0.2) is 43.4 Å². The maximum Gasteiger partial charge on any atom is 0.280 e. The normalized spacial score (nSPS) is 15.1. The van der Waals surface area contributed by atoms with Crippen molar-refractivity contribution in [1.29, 1.82) is 0 Å². The third kappa shape index (κ3) is 5.83. The molecule has 0 fully saturated rings. The number of nitrogens with two attached hydrogens (primary N) is 2. The third-order valence-electron chi connectivity index (χ3n) is 4.52. The lowest BCUT2D eigenvalue weighted by atomic mass is 9.99. The molecule has 29 heavy (non-hydrogen) atoms. The van der Waals surface area contributed by atoms with Gasteiger partial charge in [0.05, 0.1) is 18.3 Å². The van der Waals surface area contributed by atoms with Gasteiger partial charge in [-0.25, -0.2) is 24.6 Å². The molecule has 0 radical (unpaired) electrons. The number of benzene rings is 1. The van der Waals surface area contributed by atoms with Crippen LogP contribution in [0, 0.1) is 6.92 Å². The number of anilines is 2. The Labute approximate surface area is 167 Å². The number of aromatic nitrogens is 2. The quantitative estimate of drug-likeness (QED) is 0.331. The molecule has 158 valence electrons. The average Bonchev–Trinajstić information content (AvgIpc) is 2.66. The average molecular weight is 408 g/mol. The van der Waals surface area contributed by atoms with Gasteiger partial charge in [-0.3, -0.25) is 0 Å². The molecule has 2 atom stereocenters. The summed E-state index contributed by atoms with van der Waals surface area (Å²) in [4.78, 5) is 7.73. The summed E-state index contributed by atoms with van der Waals surface area (Å²) in [5.41, 5.74) is 6.69. The number of nitrogens with zero attached hydrogens (tertiary/aromatic N) is 3. The molecule has 7 N–H and O–H groups in total. The molecule has 1 aromatic carbocycles. The zero-order valence-electron chi connectivity index (χ0n) is 16.5. The first-order valence-electron chi connectivity index (χ1n) is 8.87. The Morgan fingerprint density at radius 1 is 1.38 bits per heavy atom. The summed E-state index contributed by atoms with van der Waals surface area (Å²) in [6.07, 6.45) is 0.00272. The fraction of sp³-hybridized carbons (Fsp3) is 0.368. The molecule has 0 aliphatic rings. The van der Waals surface area contributed by atoms with E-state index < -0.39 is 24.7 Å². The van der Waals surface area contributed by atoms with Crippen molar-refractivity contribution >= 4 is 17.3 Å². The van der Waals surface area contributed by atoms with Crippen molar-refractivity contribution in [2.45, 2.75) is 38.8 Å². The number of hydrogen-bond acceptors (Lipinski definition) is 8. The molecule has 0 saturated carbocycles. The summed E-state index contributed by atoms with van der Waals surface area (Å²) in [6.45, 7) is 4.49. The van der Waals surface area contributed by atoms with E-state index in [4.69, 9.17) is 11.6 Å². The minimum absolute atomic E-state index is 0.0370. The number of halogens is 2. The number of aliphatic hydroxyl groups excluding tert-OH is 1. The summed E-state index contributed by atoms with van der Waals surface area (Å²) in [6, 6.07) is 5.83. The Morgan fingerprint density at radius 3 is 2.69 bits per heavy atom. The molecule has 0 aliphatic heterocycles. The van der Waals surface area contributed by atoms with Crippen LogP contribution in [0.1, 0.15) is 37.1 Å². The van der Waals surface area contributed by atoms with Gasteiger partial charge in [0.1, 0.15) is 11.3 Å². The Hall–Kier alpha value is -2.82. The van der Waals surface area contributed by atoms with Gasteiger partial charge in [-0.2, -0.15) is 0 Å². The molecule has 0 amide bonds. The lowest BCUT2D eigenvalue weighted by Crippen LogP contribution is -2.52. The molecule has 2 unspecified atom stereocenters. The zero-order chi connectivity index (χ0) is 21.8. The number of nitrogens with one attached hydrogen (secondary N) is 1. The minimum atomic E-state index is -2.70. The van der Waals surface area contributed by atoms with E-state index in [1.54, 1.807) is 19.1 Å². The predicted molar refractivity (Wildman–Crippen MR) is 107 cm³/mol. The van der Waals surface area contributed by atoms with Gasteiger partial charge in [-0.15, -0.1) is 0 Å². The van der Waals surface area contributed by atoms with Crippen molar-refractivity contribution in [1.82, 2.24) is 15.0 Å². The number of alkyl halides is 2. The van der Waals surface area contributed by atoms with E-state index in [-0.39, 0.29) is 11.6 Å². The van der Waals surface area contributed by atoms with Crippen LogP contribution in [0.4, 0.5) is 20.4 Å². The highest BCUT2D eigenvalue weighted by molar-refractivity contribution is 5.69. The Kier molecular flexibility index (Phi) is 7.07. The lowest BCUT2D eigenvalue weighted by molar-refractivity contribution is -0.0517. The highest BCUT2D eigenvalue weighted by Crippen LogP contribution is 2.23. The largest absolute Gasteiger partial charge is 0.397 e.